The van der Waals surface area contributed by atoms with Gasteiger partial charge in [0.1, 0.15) is 18.1 Å². The Kier molecular flexibility index (Phi) is 23.2. The van der Waals surface area contributed by atoms with Gasteiger partial charge in [-0.15, -0.1) is 5.06 Å². The van der Waals surface area contributed by atoms with Crippen LogP contribution in [0.4, 0.5) is 0 Å². The molecule has 21 heteroatoms. The van der Waals surface area contributed by atoms with E-state index in [0.29, 0.717) is 63.1 Å². The highest BCUT2D eigenvalue weighted by Crippen LogP contribution is 2.43. The number of nitrogens with zero attached hydrogens (tertiary/aromatic N) is 4. The maximum absolute atomic E-state index is 14.7. The van der Waals surface area contributed by atoms with E-state index in [0.717, 1.165) is 18.4 Å². The lowest BCUT2D eigenvalue weighted by atomic mass is 9.89. The zero-order chi connectivity index (χ0) is 55.8. The van der Waals surface area contributed by atoms with Gasteiger partial charge in [-0.1, -0.05) is 77.8 Å². The number of fused-ring (bicyclic) bond motifs is 2. The first-order valence-corrected chi connectivity index (χ1v) is 27.4. The maximum atomic E-state index is 14.7. The molecule has 0 radical (unpaired) electrons. The van der Waals surface area contributed by atoms with Gasteiger partial charge in [-0.2, -0.15) is 0 Å². The van der Waals surface area contributed by atoms with Crippen molar-refractivity contribution in [3.63, 3.8) is 0 Å². The van der Waals surface area contributed by atoms with E-state index in [1.807, 2.05) is 33.8 Å². The Labute approximate surface area is 447 Å². The second-order valence-electron chi connectivity index (χ2n) is 21.4. The molecule has 1 aliphatic carbocycles. The summed E-state index contributed by atoms with van der Waals surface area (Å²) in [7, 11) is 4.65. The van der Waals surface area contributed by atoms with Gasteiger partial charge >= 0.3 is 11.9 Å². The third-order valence-corrected chi connectivity index (χ3v) is 15.9. The van der Waals surface area contributed by atoms with E-state index in [1.165, 1.54) is 14.2 Å². The number of amides is 8. The molecule has 3 unspecified atom stereocenters. The number of rotatable bonds is 30. The molecule has 3 heterocycles. The van der Waals surface area contributed by atoms with E-state index in [9.17, 15) is 53.1 Å². The third kappa shape index (κ3) is 15.8. The van der Waals surface area contributed by atoms with Crippen molar-refractivity contribution in [2.45, 2.75) is 192 Å². The number of benzene rings is 1. The summed E-state index contributed by atoms with van der Waals surface area (Å²) >= 11 is 0. The van der Waals surface area contributed by atoms with Gasteiger partial charge in [-0.3, -0.25) is 38.4 Å². The Morgan fingerprint density at radius 3 is 2.16 bits per heavy atom. The summed E-state index contributed by atoms with van der Waals surface area (Å²) in [6.45, 7) is 10.1. The number of piperidine rings is 1. The first-order valence-electron chi connectivity index (χ1n) is 27.4. The molecular weight excluding hydrogens is 983 g/mol. The number of hydrogen-bond acceptors (Lipinski definition) is 13. The second-order valence-corrected chi connectivity index (χ2v) is 21.4. The zero-order valence-corrected chi connectivity index (χ0v) is 45.8. The van der Waals surface area contributed by atoms with Crippen LogP contribution in [0.1, 0.15) is 143 Å². The molecule has 11 atom stereocenters. The number of aliphatic carboxylic acids is 1. The minimum Gasteiger partial charge on any atom is -0.480 e. The number of hydrogen-bond donors (Lipinski definition) is 4. The van der Waals surface area contributed by atoms with Crippen LogP contribution in [0, 0.1) is 23.7 Å². The normalized spacial score (nSPS) is 21.9. The Morgan fingerprint density at radius 2 is 1.53 bits per heavy atom. The van der Waals surface area contributed by atoms with Gasteiger partial charge in [0.05, 0.1) is 36.6 Å². The first-order chi connectivity index (χ1) is 36.2. The van der Waals surface area contributed by atoms with Crippen LogP contribution >= 0.6 is 0 Å². The Balaban J connectivity index is 1.14. The van der Waals surface area contributed by atoms with E-state index >= 15 is 0 Å². The lowest BCUT2D eigenvalue weighted by molar-refractivity contribution is -0.197. The number of unbranched alkanes of at least 4 members (excludes halogenated alkanes) is 2. The van der Waals surface area contributed by atoms with Crippen LogP contribution in [0.25, 0.3) is 0 Å². The van der Waals surface area contributed by atoms with Crippen LogP contribution in [0.3, 0.4) is 0 Å². The summed E-state index contributed by atoms with van der Waals surface area (Å²) in [5.41, 5.74) is 0.759. The number of carbonyl (C=O) groups excluding carboxylic acids is 9. The fourth-order valence-corrected chi connectivity index (χ4v) is 11.5. The van der Waals surface area contributed by atoms with E-state index in [4.69, 9.17) is 14.3 Å². The molecule has 4 N–H and O–H groups in total. The number of hydroxylamine groups is 2. The van der Waals surface area contributed by atoms with Crippen molar-refractivity contribution >= 4 is 59.2 Å². The lowest BCUT2D eigenvalue weighted by Gasteiger charge is -2.41. The first kappa shape index (κ1) is 60.9. The van der Waals surface area contributed by atoms with Crippen LogP contribution in [-0.4, -0.2) is 167 Å². The van der Waals surface area contributed by atoms with Crippen LogP contribution in [-0.2, 0) is 68.7 Å². The smallest absolute Gasteiger partial charge is 0.333 e. The van der Waals surface area contributed by atoms with Gasteiger partial charge in [0.25, 0.3) is 11.8 Å². The summed E-state index contributed by atoms with van der Waals surface area (Å²) in [5, 5.41) is 19.0. The van der Waals surface area contributed by atoms with Crippen molar-refractivity contribution in [3.05, 3.63) is 35.9 Å². The molecular formula is C55H83N7O14. The summed E-state index contributed by atoms with van der Waals surface area (Å²) in [6, 6.07) is 5.04. The van der Waals surface area contributed by atoms with Crippen molar-refractivity contribution in [1.82, 2.24) is 35.7 Å². The summed E-state index contributed by atoms with van der Waals surface area (Å²) < 4.78 is 12.0. The molecule has 3 aliphatic heterocycles. The van der Waals surface area contributed by atoms with Gasteiger partial charge in [0, 0.05) is 78.9 Å². The van der Waals surface area contributed by atoms with Gasteiger partial charge < -0.3 is 50.1 Å². The van der Waals surface area contributed by atoms with E-state index in [-0.39, 0.29) is 105 Å². The predicted molar refractivity (Wildman–Crippen MR) is 277 cm³/mol. The molecule has 1 aromatic rings. The molecule has 4 fully saturated rings. The van der Waals surface area contributed by atoms with E-state index < -0.39 is 78.0 Å². The van der Waals surface area contributed by atoms with E-state index in [2.05, 4.69) is 16.0 Å². The number of likely N-dealkylation sites (tertiary alicyclic amines) is 2. The largest absolute Gasteiger partial charge is 0.480 e. The minimum atomic E-state index is -1.17. The number of carboxylic acids is 1. The highest BCUT2D eigenvalue weighted by molar-refractivity contribution is 6.01. The monoisotopic (exact) mass is 1070 g/mol. The van der Waals surface area contributed by atoms with Crippen LogP contribution < -0.4 is 16.0 Å². The number of carboxylic acid groups (broad SMARTS) is 1. The van der Waals surface area contributed by atoms with Crippen LogP contribution in [0.15, 0.2) is 30.3 Å². The van der Waals surface area contributed by atoms with Gasteiger partial charge in [0.2, 0.25) is 35.4 Å². The van der Waals surface area contributed by atoms with Gasteiger partial charge in [-0.25, -0.2) is 9.59 Å². The molecule has 8 amide bonds. The highest BCUT2D eigenvalue weighted by Gasteiger charge is 2.52. The van der Waals surface area contributed by atoms with Crippen LogP contribution in [0.2, 0.25) is 0 Å². The highest BCUT2D eigenvalue weighted by atomic mass is 16.7. The standard InChI is InChI=1S/C55H83N7O14/c1-9-34(4)49(41(74-7)32-46(67)60-29-17-20-40(60)51(75-8)35(5)52(69)57-39(55(72)73)30-36-18-12-10-13-19-36)59(6)54(71)48(33(2)3)58-53(70)50-37-24-25-38(31-37)61(50)43(64)22-14-11-15-28-56-42(63)21-16-23-47(68)76-62-44(65)26-27-45(62)66/h10,12-13,18-19,33-35,37-41,48-51H,9,11,14-17,20-32H2,1-8H3,(H,56,63)(H,57,69)(H,58,70)(H,72,73)/t34-,35+,37-,38+,39?,40?,41+,48?,49-,50-,51+/m0/s1. The number of imide groups is 1. The lowest BCUT2D eigenvalue weighted by Crippen LogP contribution is -2.60. The predicted octanol–water partition coefficient (Wildman–Crippen LogP) is 3.69. The molecule has 4 aliphatic rings. The Bertz CT molecular complexity index is 2200. The number of carbonyl (C=O) groups is 10. The quantitative estimate of drug-likeness (QED) is 0.0633. The molecule has 5 rings (SSSR count). The molecule has 1 aromatic carbocycles. The molecule has 3 saturated heterocycles. The van der Waals surface area contributed by atoms with Crippen molar-refractivity contribution in [2.75, 3.05) is 34.4 Å². The zero-order valence-electron chi connectivity index (χ0n) is 45.8. The molecule has 1 saturated carbocycles. The molecule has 76 heavy (non-hydrogen) atoms. The number of ether oxygens (including phenoxy) is 2. The van der Waals surface area contributed by atoms with Crippen molar-refractivity contribution in [2.24, 2.45) is 23.7 Å². The fourth-order valence-electron chi connectivity index (χ4n) is 11.5. The van der Waals surface area contributed by atoms with Gasteiger partial charge in [-0.05, 0) is 74.7 Å². The SMILES string of the molecule is CC[C@H](C)[C@@H]([C@@H](CC(=O)N1CCCC1[C@H](OC)[C@@H](C)C(=O)NC(Cc1ccccc1)C(=O)O)OC)N(C)C(=O)C(NC(=O)[C@@H]1[C@H]2CC[C@H](C2)N1C(=O)CCCCCNC(=O)CCCC(=O)ON1C(=O)CCC1=O)C(C)C. The fraction of sp³-hybridized carbons (Fsp3) is 0.709. The summed E-state index contributed by atoms with van der Waals surface area (Å²) in [4.78, 5) is 141. The number of methoxy groups -OCH3 is 2. The average Bonchev–Trinajstić information content (AvgIpc) is 4.22. The van der Waals surface area contributed by atoms with Crippen LogP contribution in [0.5, 0.6) is 0 Å². The molecule has 0 spiro atoms. The summed E-state index contributed by atoms with van der Waals surface area (Å²) in [6.07, 6.45) is 4.80. The van der Waals surface area contributed by atoms with Crippen molar-refractivity contribution < 1.29 is 67.4 Å². The van der Waals surface area contributed by atoms with Crippen molar-refractivity contribution in [1.29, 1.82) is 0 Å². The van der Waals surface area contributed by atoms with Crippen molar-refractivity contribution in [3.8, 4) is 0 Å². The maximum Gasteiger partial charge on any atom is 0.333 e. The average molecular weight is 1070 g/mol. The number of nitrogens with one attached hydrogen (secondary N) is 3. The number of likely N-dealkylation sites (N-methyl/N-ethyl adjacent to an activating group) is 1. The molecule has 21 nitrogen and oxygen atoms in total. The Morgan fingerprint density at radius 1 is 0.829 bits per heavy atom. The van der Waals surface area contributed by atoms with Gasteiger partial charge in [0.15, 0.2) is 0 Å². The molecule has 422 valence electrons. The molecule has 2 bridgehead atoms. The Hall–Kier alpha value is -5.96. The minimum absolute atomic E-state index is 0.00281. The topological polar surface area (TPSA) is 268 Å². The summed E-state index contributed by atoms with van der Waals surface area (Å²) in [5.74, 6) is -6.25. The molecule has 0 aromatic heterocycles. The third-order valence-electron chi connectivity index (χ3n) is 15.9. The van der Waals surface area contributed by atoms with E-state index in [1.54, 1.807) is 52.9 Å². The second kappa shape index (κ2) is 29.0.